The Morgan fingerprint density at radius 1 is 1.16 bits per heavy atom. The van der Waals surface area contributed by atoms with E-state index in [4.69, 9.17) is 9.47 Å². The molecule has 0 aliphatic carbocycles. The molecule has 1 heterocycles. The van der Waals surface area contributed by atoms with Gasteiger partial charge in [0.05, 0.1) is 11.5 Å². The topological polar surface area (TPSA) is 18.5 Å². The molecule has 3 rings (SSSR count). The average Bonchev–Trinajstić information content (AvgIpc) is 2.48. The molecule has 0 bridgehead atoms. The van der Waals surface area contributed by atoms with Crippen LogP contribution >= 0.6 is 11.8 Å². The van der Waals surface area contributed by atoms with Gasteiger partial charge in [-0.05, 0) is 17.7 Å². The highest BCUT2D eigenvalue weighted by Crippen LogP contribution is 2.39. The fourth-order valence-corrected chi connectivity index (χ4v) is 2.78. The van der Waals surface area contributed by atoms with Crippen molar-refractivity contribution in [2.45, 2.75) is 11.5 Å². The highest BCUT2D eigenvalue weighted by Gasteiger charge is 2.19. The summed E-state index contributed by atoms with van der Waals surface area (Å²) < 4.78 is 25.2. The van der Waals surface area contributed by atoms with E-state index in [0.29, 0.717) is 23.9 Å². The minimum Gasteiger partial charge on any atom is -0.491 e. The summed E-state index contributed by atoms with van der Waals surface area (Å²) in [5, 5.41) is 0. The number of fused-ring (bicyclic) bond motifs is 1. The van der Waals surface area contributed by atoms with Crippen LogP contribution in [0.25, 0.3) is 0 Å². The van der Waals surface area contributed by atoms with E-state index in [1.54, 1.807) is 12.1 Å². The van der Waals surface area contributed by atoms with Gasteiger partial charge in [-0.3, -0.25) is 0 Å². The first-order valence-electron chi connectivity index (χ1n) is 6.09. The predicted molar refractivity (Wildman–Crippen MR) is 73.4 cm³/mol. The Bertz CT molecular complexity index is 572. The molecule has 0 amide bonds. The zero-order valence-corrected chi connectivity index (χ0v) is 11.1. The van der Waals surface area contributed by atoms with Crippen LogP contribution in [0.2, 0.25) is 0 Å². The number of rotatable bonds is 3. The Morgan fingerprint density at radius 3 is 2.84 bits per heavy atom. The summed E-state index contributed by atoms with van der Waals surface area (Å²) in [5.41, 5.74) is 1.02. The van der Waals surface area contributed by atoms with Crippen molar-refractivity contribution in [2.75, 3.05) is 12.4 Å². The second kappa shape index (κ2) is 5.53. The van der Waals surface area contributed by atoms with Crippen molar-refractivity contribution in [3.05, 3.63) is 53.8 Å². The van der Waals surface area contributed by atoms with Gasteiger partial charge in [-0.2, -0.15) is 0 Å². The number of thioether (sulfide) groups is 1. The van der Waals surface area contributed by atoms with Gasteiger partial charge in [-0.1, -0.05) is 30.3 Å². The van der Waals surface area contributed by atoms with Crippen LogP contribution in [0.4, 0.5) is 4.39 Å². The number of halogens is 1. The SMILES string of the molecule is Fc1c(OCc2ccccc2)ccc2c1SCCO2. The monoisotopic (exact) mass is 276 g/mol. The molecule has 98 valence electrons. The minimum absolute atomic E-state index is 0.278. The molecular formula is C15H13FO2S. The quantitative estimate of drug-likeness (QED) is 0.847. The van der Waals surface area contributed by atoms with Gasteiger partial charge in [0.15, 0.2) is 11.6 Å². The van der Waals surface area contributed by atoms with Crippen LogP contribution in [0.5, 0.6) is 11.5 Å². The molecule has 0 unspecified atom stereocenters. The normalized spacial score (nSPS) is 13.5. The van der Waals surface area contributed by atoms with Gasteiger partial charge < -0.3 is 9.47 Å². The number of hydrogen-bond acceptors (Lipinski definition) is 3. The summed E-state index contributed by atoms with van der Waals surface area (Å²) >= 11 is 1.47. The average molecular weight is 276 g/mol. The number of benzene rings is 2. The van der Waals surface area contributed by atoms with Crippen molar-refractivity contribution in [2.24, 2.45) is 0 Å². The van der Waals surface area contributed by atoms with Gasteiger partial charge in [0.25, 0.3) is 0 Å². The largest absolute Gasteiger partial charge is 0.491 e. The lowest BCUT2D eigenvalue weighted by Gasteiger charge is -2.18. The molecule has 0 saturated heterocycles. The lowest BCUT2D eigenvalue weighted by atomic mass is 10.2. The van der Waals surface area contributed by atoms with Crippen molar-refractivity contribution >= 4 is 11.8 Å². The van der Waals surface area contributed by atoms with Crippen LogP contribution in [-0.2, 0) is 6.61 Å². The fourth-order valence-electron chi connectivity index (χ4n) is 1.91. The molecular weight excluding hydrogens is 263 g/mol. The molecule has 0 saturated carbocycles. The van der Waals surface area contributed by atoms with E-state index in [-0.39, 0.29) is 11.6 Å². The number of hydrogen-bond donors (Lipinski definition) is 0. The van der Waals surface area contributed by atoms with E-state index in [0.717, 1.165) is 11.3 Å². The van der Waals surface area contributed by atoms with Crippen molar-refractivity contribution in [1.29, 1.82) is 0 Å². The van der Waals surface area contributed by atoms with E-state index in [9.17, 15) is 4.39 Å². The van der Waals surface area contributed by atoms with Gasteiger partial charge >= 0.3 is 0 Å². The van der Waals surface area contributed by atoms with Crippen LogP contribution in [0.1, 0.15) is 5.56 Å². The third-order valence-corrected chi connectivity index (χ3v) is 3.89. The smallest absolute Gasteiger partial charge is 0.182 e. The van der Waals surface area contributed by atoms with E-state index in [1.807, 2.05) is 30.3 Å². The summed E-state index contributed by atoms with van der Waals surface area (Å²) in [6.07, 6.45) is 0. The first-order valence-corrected chi connectivity index (χ1v) is 7.08. The molecule has 0 spiro atoms. The zero-order valence-electron chi connectivity index (χ0n) is 10.3. The molecule has 4 heteroatoms. The summed E-state index contributed by atoms with van der Waals surface area (Å²) in [5.74, 6) is 1.34. The van der Waals surface area contributed by atoms with Crippen molar-refractivity contribution in [3.8, 4) is 11.5 Å². The minimum atomic E-state index is -0.321. The lowest BCUT2D eigenvalue weighted by Crippen LogP contribution is -2.08. The second-order valence-corrected chi connectivity index (χ2v) is 5.28. The summed E-state index contributed by atoms with van der Waals surface area (Å²) in [6.45, 7) is 0.989. The Balaban J connectivity index is 1.78. The molecule has 19 heavy (non-hydrogen) atoms. The second-order valence-electron chi connectivity index (χ2n) is 4.18. The van der Waals surface area contributed by atoms with Crippen LogP contribution < -0.4 is 9.47 Å². The molecule has 0 atom stereocenters. The molecule has 2 aromatic rings. The van der Waals surface area contributed by atoms with E-state index in [1.165, 1.54) is 11.8 Å². The van der Waals surface area contributed by atoms with Gasteiger partial charge in [0.2, 0.25) is 0 Å². The first-order chi connectivity index (χ1) is 9.34. The van der Waals surface area contributed by atoms with Crippen LogP contribution in [-0.4, -0.2) is 12.4 Å². The molecule has 0 radical (unpaired) electrons. The molecule has 1 aliphatic rings. The maximum absolute atomic E-state index is 14.2. The van der Waals surface area contributed by atoms with Gasteiger partial charge in [0.1, 0.15) is 12.4 Å². The zero-order chi connectivity index (χ0) is 13.1. The van der Waals surface area contributed by atoms with Crippen LogP contribution in [0.3, 0.4) is 0 Å². The van der Waals surface area contributed by atoms with Gasteiger partial charge in [0, 0.05) is 5.75 Å². The summed E-state index contributed by atoms with van der Waals surface area (Å²) in [7, 11) is 0. The van der Waals surface area contributed by atoms with Gasteiger partial charge in [-0.15, -0.1) is 11.8 Å². The molecule has 1 aliphatic heterocycles. The summed E-state index contributed by atoms with van der Waals surface area (Å²) in [4.78, 5) is 0.553. The maximum Gasteiger partial charge on any atom is 0.182 e. The molecule has 2 nitrogen and oxygen atoms in total. The van der Waals surface area contributed by atoms with Crippen molar-refractivity contribution in [3.63, 3.8) is 0 Å². The molecule has 2 aromatic carbocycles. The van der Waals surface area contributed by atoms with Crippen molar-refractivity contribution in [1.82, 2.24) is 0 Å². The predicted octanol–water partition coefficient (Wildman–Crippen LogP) is 3.89. The molecule has 0 fully saturated rings. The van der Waals surface area contributed by atoms with Crippen molar-refractivity contribution < 1.29 is 13.9 Å². The maximum atomic E-state index is 14.2. The van der Waals surface area contributed by atoms with E-state index in [2.05, 4.69) is 0 Å². The highest BCUT2D eigenvalue weighted by molar-refractivity contribution is 7.99. The Labute approximate surface area is 115 Å². The molecule has 0 N–H and O–H groups in total. The van der Waals surface area contributed by atoms with E-state index >= 15 is 0 Å². The Kier molecular flexibility index (Phi) is 3.60. The highest BCUT2D eigenvalue weighted by atomic mass is 32.2. The number of ether oxygens (including phenoxy) is 2. The third-order valence-electron chi connectivity index (χ3n) is 2.85. The van der Waals surface area contributed by atoms with E-state index < -0.39 is 0 Å². The van der Waals surface area contributed by atoms with Crippen LogP contribution in [0.15, 0.2) is 47.4 Å². The Hall–Kier alpha value is -1.68. The van der Waals surface area contributed by atoms with Crippen LogP contribution in [0, 0.1) is 5.82 Å². The first kappa shape index (κ1) is 12.4. The third kappa shape index (κ3) is 2.68. The fraction of sp³-hybridized carbons (Fsp3) is 0.200. The van der Waals surface area contributed by atoms with Gasteiger partial charge in [-0.25, -0.2) is 4.39 Å². The standard InChI is InChI=1S/C15H13FO2S/c16-14-12(18-10-11-4-2-1-3-5-11)6-7-13-15(14)19-9-8-17-13/h1-7H,8-10H2. The Morgan fingerprint density at radius 2 is 2.00 bits per heavy atom. The lowest BCUT2D eigenvalue weighted by molar-refractivity contribution is 0.280. The molecule has 0 aromatic heterocycles. The summed E-state index contributed by atoms with van der Waals surface area (Å²) in [6, 6.07) is 13.1.